The maximum Gasteiger partial charge on any atom is 0.192 e. The Kier molecular flexibility index (Phi) is 3.90. The first kappa shape index (κ1) is 13.3. The fourth-order valence-corrected chi connectivity index (χ4v) is 3.17. The third-order valence-electron chi connectivity index (χ3n) is 3.65. The van der Waals surface area contributed by atoms with E-state index in [0.717, 1.165) is 11.6 Å². The quantitative estimate of drug-likeness (QED) is 0.911. The van der Waals surface area contributed by atoms with Gasteiger partial charge in [-0.15, -0.1) is 0 Å². The fourth-order valence-electron chi connectivity index (χ4n) is 2.61. The van der Waals surface area contributed by atoms with Crippen LogP contribution < -0.4 is 5.32 Å². The number of rotatable bonds is 4. The van der Waals surface area contributed by atoms with Crippen LogP contribution in [0.4, 0.5) is 5.69 Å². The number of hydrogen-bond acceptors (Lipinski definition) is 4. The molecule has 0 saturated heterocycles. The predicted molar refractivity (Wildman–Crippen MR) is 72.4 cm³/mol. The van der Waals surface area contributed by atoms with Gasteiger partial charge < -0.3 is 5.32 Å². The van der Waals surface area contributed by atoms with Crippen molar-refractivity contribution in [3.05, 3.63) is 18.3 Å². The van der Waals surface area contributed by atoms with Crippen LogP contribution in [0.15, 0.2) is 23.4 Å². The van der Waals surface area contributed by atoms with Gasteiger partial charge in [-0.25, -0.2) is 13.4 Å². The van der Waals surface area contributed by atoms with Crippen LogP contribution in [0, 0.1) is 5.92 Å². The highest BCUT2D eigenvalue weighted by molar-refractivity contribution is 7.90. The normalized spacial score (nSPS) is 24.1. The third kappa shape index (κ3) is 3.02. The lowest BCUT2D eigenvalue weighted by atomic mass is 10.0. The maximum absolute atomic E-state index is 11.3. The molecule has 1 aromatic heterocycles. The third-order valence-corrected chi connectivity index (χ3v) is 4.65. The number of nitrogens with one attached hydrogen (secondary N) is 1. The van der Waals surface area contributed by atoms with Gasteiger partial charge in [0.1, 0.15) is 0 Å². The molecule has 18 heavy (non-hydrogen) atoms. The molecule has 1 N–H and O–H groups in total. The van der Waals surface area contributed by atoms with Gasteiger partial charge in [0, 0.05) is 12.3 Å². The van der Waals surface area contributed by atoms with E-state index in [4.69, 9.17) is 0 Å². The van der Waals surface area contributed by atoms with Crippen molar-refractivity contribution < 1.29 is 8.42 Å². The largest absolute Gasteiger partial charge is 0.381 e. The molecule has 0 spiro atoms. The van der Waals surface area contributed by atoms with Crippen molar-refractivity contribution in [2.24, 2.45) is 5.92 Å². The highest BCUT2D eigenvalue weighted by Gasteiger charge is 2.25. The van der Waals surface area contributed by atoms with E-state index in [2.05, 4.69) is 17.2 Å². The Morgan fingerprint density at radius 3 is 2.72 bits per heavy atom. The molecule has 4 nitrogen and oxygen atoms in total. The lowest BCUT2D eigenvalue weighted by Crippen LogP contribution is -2.23. The van der Waals surface area contributed by atoms with Crippen LogP contribution in [0.2, 0.25) is 0 Å². The first-order valence-corrected chi connectivity index (χ1v) is 8.32. The molecule has 0 aliphatic heterocycles. The second-order valence-corrected chi connectivity index (χ2v) is 6.97. The Labute approximate surface area is 109 Å². The van der Waals surface area contributed by atoms with Crippen LogP contribution in [-0.2, 0) is 9.84 Å². The number of hydrogen-bond donors (Lipinski definition) is 1. The van der Waals surface area contributed by atoms with E-state index in [1.807, 2.05) is 0 Å². The summed E-state index contributed by atoms with van der Waals surface area (Å²) in [5.74, 6) is 0.722. The summed E-state index contributed by atoms with van der Waals surface area (Å²) < 4.78 is 22.6. The van der Waals surface area contributed by atoms with Gasteiger partial charge in [-0.05, 0) is 30.9 Å². The molecule has 2 unspecified atom stereocenters. The summed E-state index contributed by atoms with van der Waals surface area (Å²) in [5, 5.41) is 3.59. The molecule has 0 radical (unpaired) electrons. The van der Waals surface area contributed by atoms with Crippen molar-refractivity contribution in [2.45, 2.75) is 43.7 Å². The molecule has 2 rings (SSSR count). The summed E-state index contributed by atoms with van der Waals surface area (Å²) in [6.07, 6.45) is 7.71. The summed E-state index contributed by atoms with van der Waals surface area (Å²) in [6, 6.07) is 3.86. The second-order valence-electron chi connectivity index (χ2n) is 5.01. The van der Waals surface area contributed by atoms with E-state index in [1.54, 1.807) is 18.3 Å². The van der Waals surface area contributed by atoms with Crippen molar-refractivity contribution in [3.8, 4) is 0 Å². The first-order chi connectivity index (χ1) is 8.50. The van der Waals surface area contributed by atoms with E-state index >= 15 is 0 Å². The molecule has 100 valence electrons. The zero-order valence-electron chi connectivity index (χ0n) is 10.9. The summed E-state index contributed by atoms with van der Waals surface area (Å²) in [5.41, 5.74) is 0.910. The molecule has 1 saturated carbocycles. The van der Waals surface area contributed by atoms with Crippen LogP contribution in [0.5, 0.6) is 0 Å². The molecule has 1 fully saturated rings. The summed E-state index contributed by atoms with van der Waals surface area (Å²) in [7, 11) is -3.20. The van der Waals surface area contributed by atoms with Gasteiger partial charge in [-0.1, -0.05) is 19.8 Å². The van der Waals surface area contributed by atoms with E-state index in [0.29, 0.717) is 6.04 Å². The maximum atomic E-state index is 11.3. The van der Waals surface area contributed by atoms with Gasteiger partial charge in [0.2, 0.25) is 0 Å². The highest BCUT2D eigenvalue weighted by Crippen LogP contribution is 2.30. The Balaban J connectivity index is 2.07. The average Bonchev–Trinajstić information content (AvgIpc) is 2.76. The molecule has 0 aromatic carbocycles. The monoisotopic (exact) mass is 268 g/mol. The number of nitrogens with zero attached hydrogens (tertiary/aromatic N) is 1. The molecule has 1 aliphatic carbocycles. The standard InChI is InChI=1S/C13H20N2O2S/c1-3-10-5-4-6-12(10)15-11-7-8-13(14-9-11)18(2,16)17/h7-10,12,15H,3-6H2,1-2H3. The highest BCUT2D eigenvalue weighted by atomic mass is 32.2. The van der Waals surface area contributed by atoms with E-state index in [-0.39, 0.29) is 5.03 Å². The smallest absolute Gasteiger partial charge is 0.192 e. The lowest BCUT2D eigenvalue weighted by Gasteiger charge is -2.20. The molecule has 0 bridgehead atoms. The summed E-state index contributed by atoms with van der Waals surface area (Å²) in [4.78, 5) is 3.99. The molecular weight excluding hydrogens is 248 g/mol. The van der Waals surface area contributed by atoms with Crippen LogP contribution in [0.25, 0.3) is 0 Å². The number of pyridine rings is 1. The Hall–Kier alpha value is -1.10. The Morgan fingerprint density at radius 1 is 1.39 bits per heavy atom. The molecule has 5 heteroatoms. The minimum atomic E-state index is -3.20. The van der Waals surface area contributed by atoms with Crippen molar-refractivity contribution in [3.63, 3.8) is 0 Å². The molecule has 1 heterocycles. The predicted octanol–water partition coefficient (Wildman–Crippen LogP) is 2.48. The van der Waals surface area contributed by atoms with Crippen molar-refractivity contribution in [2.75, 3.05) is 11.6 Å². The Morgan fingerprint density at radius 2 is 2.17 bits per heavy atom. The average molecular weight is 268 g/mol. The molecule has 0 amide bonds. The van der Waals surface area contributed by atoms with Gasteiger partial charge in [0.05, 0.1) is 11.9 Å². The second kappa shape index (κ2) is 5.26. The van der Waals surface area contributed by atoms with Crippen LogP contribution in [0.3, 0.4) is 0 Å². The fraction of sp³-hybridized carbons (Fsp3) is 0.615. The molecule has 2 atom stereocenters. The Bertz CT molecular complexity index is 496. The van der Waals surface area contributed by atoms with Crippen LogP contribution >= 0.6 is 0 Å². The van der Waals surface area contributed by atoms with Gasteiger partial charge >= 0.3 is 0 Å². The van der Waals surface area contributed by atoms with Crippen molar-refractivity contribution in [1.82, 2.24) is 4.98 Å². The number of aromatic nitrogens is 1. The number of anilines is 1. The molecule has 1 aliphatic rings. The van der Waals surface area contributed by atoms with Crippen molar-refractivity contribution >= 4 is 15.5 Å². The summed E-state index contributed by atoms with van der Waals surface area (Å²) >= 11 is 0. The van der Waals surface area contributed by atoms with Gasteiger partial charge in [0.25, 0.3) is 0 Å². The number of sulfone groups is 1. The topological polar surface area (TPSA) is 59.1 Å². The zero-order valence-corrected chi connectivity index (χ0v) is 11.7. The van der Waals surface area contributed by atoms with E-state index in [9.17, 15) is 8.42 Å². The minimum absolute atomic E-state index is 0.131. The molecular formula is C13H20N2O2S. The van der Waals surface area contributed by atoms with Gasteiger partial charge in [-0.2, -0.15) is 0 Å². The SMILES string of the molecule is CCC1CCCC1Nc1ccc(S(C)(=O)=O)nc1. The van der Waals surface area contributed by atoms with Gasteiger partial charge in [0.15, 0.2) is 14.9 Å². The minimum Gasteiger partial charge on any atom is -0.381 e. The van der Waals surface area contributed by atoms with Gasteiger partial charge in [-0.3, -0.25) is 0 Å². The van der Waals surface area contributed by atoms with Crippen LogP contribution in [0.1, 0.15) is 32.6 Å². The summed E-state index contributed by atoms with van der Waals surface area (Å²) in [6.45, 7) is 2.22. The molecule has 1 aromatic rings. The lowest BCUT2D eigenvalue weighted by molar-refractivity contribution is 0.489. The van der Waals surface area contributed by atoms with E-state index < -0.39 is 9.84 Å². The van der Waals surface area contributed by atoms with E-state index in [1.165, 1.54) is 31.9 Å². The van der Waals surface area contributed by atoms with Crippen LogP contribution in [-0.4, -0.2) is 25.7 Å². The first-order valence-electron chi connectivity index (χ1n) is 6.43. The zero-order chi connectivity index (χ0) is 13.2. The van der Waals surface area contributed by atoms with Crippen molar-refractivity contribution in [1.29, 1.82) is 0 Å².